The van der Waals surface area contributed by atoms with Crippen LogP contribution in [0.15, 0.2) is 22.7 Å². The van der Waals surface area contributed by atoms with E-state index in [1.807, 2.05) is 6.07 Å². The number of nitrogens with zero attached hydrogens (tertiary/aromatic N) is 1. The number of anilines is 1. The first-order valence-corrected chi connectivity index (χ1v) is 7.53. The molecule has 1 N–H and O–H groups in total. The van der Waals surface area contributed by atoms with Crippen LogP contribution < -0.4 is 5.32 Å². The molecule has 0 aliphatic heterocycles. The minimum absolute atomic E-state index is 0.137. The van der Waals surface area contributed by atoms with Crippen LogP contribution in [0.4, 0.5) is 11.4 Å². The summed E-state index contributed by atoms with van der Waals surface area (Å²) >= 11 is 3.27. The quantitative estimate of drug-likeness (QED) is 0.650. The van der Waals surface area contributed by atoms with Gasteiger partial charge in [0.15, 0.2) is 0 Å². The Bertz CT molecular complexity index is 465. The molecule has 1 aromatic rings. The number of nitrogens with one attached hydrogen (secondary N) is 1. The number of hydrogen-bond donors (Lipinski definition) is 1. The minimum atomic E-state index is -0.337. The van der Waals surface area contributed by atoms with Gasteiger partial charge in [-0.15, -0.1) is 0 Å². The van der Waals surface area contributed by atoms with Gasteiger partial charge in [-0.3, -0.25) is 10.1 Å². The molecule has 4 nitrogen and oxygen atoms in total. The molecule has 19 heavy (non-hydrogen) atoms. The van der Waals surface area contributed by atoms with E-state index in [-0.39, 0.29) is 10.6 Å². The molecule has 0 aromatic heterocycles. The van der Waals surface area contributed by atoms with Crippen molar-refractivity contribution in [3.63, 3.8) is 0 Å². The molecule has 0 radical (unpaired) electrons. The average Bonchev–Trinajstić information content (AvgIpc) is 2.37. The van der Waals surface area contributed by atoms with Crippen molar-refractivity contribution < 1.29 is 4.92 Å². The lowest BCUT2D eigenvalue weighted by atomic mass is 9.82. The van der Waals surface area contributed by atoms with Crippen molar-refractivity contribution in [1.29, 1.82) is 0 Å². The standard InChI is InChI=1S/C14H19BrN2O2/c1-10-3-2-4-11(7-10)9-16-13-6-5-12(15)8-14(13)17(18)19/h5-6,8,10-11,16H,2-4,7,9H2,1H3. The molecule has 104 valence electrons. The SMILES string of the molecule is CC1CCCC(CNc2ccc(Br)cc2[N+](=O)[O-])C1. The van der Waals surface area contributed by atoms with E-state index >= 15 is 0 Å². The number of rotatable bonds is 4. The van der Waals surface area contributed by atoms with Crippen LogP contribution in [0.2, 0.25) is 0 Å². The predicted octanol–water partition coefficient (Wildman–Crippen LogP) is 4.60. The lowest BCUT2D eigenvalue weighted by molar-refractivity contribution is -0.384. The third-order valence-electron chi connectivity index (χ3n) is 3.78. The first-order valence-electron chi connectivity index (χ1n) is 6.74. The summed E-state index contributed by atoms with van der Waals surface area (Å²) in [6.45, 7) is 3.11. The molecule has 0 saturated heterocycles. The highest BCUT2D eigenvalue weighted by molar-refractivity contribution is 9.10. The summed E-state index contributed by atoms with van der Waals surface area (Å²) in [5, 5.41) is 14.3. The first kappa shape index (κ1) is 14.3. The fourth-order valence-corrected chi connectivity index (χ4v) is 3.15. The topological polar surface area (TPSA) is 55.2 Å². The maximum Gasteiger partial charge on any atom is 0.293 e. The molecule has 2 atom stereocenters. The Morgan fingerprint density at radius 3 is 2.95 bits per heavy atom. The fraction of sp³-hybridized carbons (Fsp3) is 0.571. The van der Waals surface area contributed by atoms with Gasteiger partial charge >= 0.3 is 0 Å². The van der Waals surface area contributed by atoms with Crippen molar-refractivity contribution in [2.24, 2.45) is 11.8 Å². The molecule has 1 fully saturated rings. The fourth-order valence-electron chi connectivity index (χ4n) is 2.80. The summed E-state index contributed by atoms with van der Waals surface area (Å²) in [7, 11) is 0. The normalized spacial score (nSPS) is 23.1. The molecule has 0 spiro atoms. The van der Waals surface area contributed by atoms with Gasteiger partial charge in [0.05, 0.1) is 4.92 Å². The Labute approximate surface area is 121 Å². The lowest BCUT2D eigenvalue weighted by Crippen LogP contribution is -2.21. The van der Waals surface area contributed by atoms with Gasteiger partial charge in [0.2, 0.25) is 0 Å². The molecule has 5 heteroatoms. The van der Waals surface area contributed by atoms with Gasteiger partial charge in [-0.25, -0.2) is 0 Å². The van der Waals surface area contributed by atoms with Crippen molar-refractivity contribution in [1.82, 2.24) is 0 Å². The summed E-state index contributed by atoms with van der Waals surface area (Å²) in [4.78, 5) is 10.7. The van der Waals surface area contributed by atoms with E-state index in [1.165, 1.54) is 25.7 Å². The highest BCUT2D eigenvalue weighted by Crippen LogP contribution is 2.31. The summed E-state index contributed by atoms with van der Waals surface area (Å²) in [6.07, 6.45) is 5.03. The molecular formula is C14H19BrN2O2. The third kappa shape index (κ3) is 3.93. The Morgan fingerprint density at radius 1 is 1.47 bits per heavy atom. The lowest BCUT2D eigenvalue weighted by Gasteiger charge is -2.27. The van der Waals surface area contributed by atoms with Crippen LogP contribution in [0.1, 0.15) is 32.6 Å². The van der Waals surface area contributed by atoms with Crippen molar-refractivity contribution in [2.75, 3.05) is 11.9 Å². The summed E-state index contributed by atoms with van der Waals surface area (Å²) in [5.41, 5.74) is 0.754. The molecule has 1 saturated carbocycles. The van der Waals surface area contributed by atoms with Crippen LogP contribution in [-0.4, -0.2) is 11.5 Å². The summed E-state index contributed by atoms with van der Waals surface area (Å²) in [6, 6.07) is 5.15. The van der Waals surface area contributed by atoms with Crippen molar-refractivity contribution in [3.8, 4) is 0 Å². The third-order valence-corrected chi connectivity index (χ3v) is 4.28. The zero-order valence-electron chi connectivity index (χ0n) is 11.1. The summed E-state index contributed by atoms with van der Waals surface area (Å²) in [5.74, 6) is 1.41. The van der Waals surface area contributed by atoms with Crippen molar-refractivity contribution in [2.45, 2.75) is 32.6 Å². The van der Waals surface area contributed by atoms with E-state index in [0.717, 1.165) is 16.9 Å². The van der Waals surface area contributed by atoms with Gasteiger partial charge in [-0.1, -0.05) is 35.7 Å². The zero-order chi connectivity index (χ0) is 13.8. The van der Waals surface area contributed by atoms with Crippen LogP contribution in [0.25, 0.3) is 0 Å². The van der Waals surface area contributed by atoms with Crippen LogP contribution in [0, 0.1) is 22.0 Å². The van der Waals surface area contributed by atoms with Gasteiger partial charge < -0.3 is 5.32 Å². The van der Waals surface area contributed by atoms with Gasteiger partial charge in [-0.05, 0) is 36.8 Å². The number of nitro benzene ring substituents is 1. The Hall–Kier alpha value is -1.10. The molecular weight excluding hydrogens is 308 g/mol. The van der Waals surface area contributed by atoms with Crippen LogP contribution in [0.5, 0.6) is 0 Å². The minimum Gasteiger partial charge on any atom is -0.379 e. The Balaban J connectivity index is 2.01. The Morgan fingerprint density at radius 2 is 2.26 bits per heavy atom. The number of halogens is 1. The Kier molecular flexibility index (Phi) is 4.80. The molecule has 1 aromatic carbocycles. The average molecular weight is 327 g/mol. The molecule has 1 aliphatic carbocycles. The molecule has 2 rings (SSSR count). The van der Waals surface area contributed by atoms with Gasteiger partial charge in [0, 0.05) is 17.1 Å². The maximum absolute atomic E-state index is 11.0. The maximum atomic E-state index is 11.0. The van der Waals surface area contributed by atoms with E-state index in [1.54, 1.807) is 12.1 Å². The smallest absolute Gasteiger partial charge is 0.293 e. The van der Waals surface area contributed by atoms with Gasteiger partial charge in [0.25, 0.3) is 5.69 Å². The second-order valence-electron chi connectivity index (χ2n) is 5.44. The monoisotopic (exact) mass is 326 g/mol. The van der Waals surface area contributed by atoms with Crippen LogP contribution >= 0.6 is 15.9 Å². The van der Waals surface area contributed by atoms with Crippen LogP contribution in [-0.2, 0) is 0 Å². The van der Waals surface area contributed by atoms with Crippen molar-refractivity contribution in [3.05, 3.63) is 32.8 Å². The van der Waals surface area contributed by atoms with E-state index in [2.05, 4.69) is 28.2 Å². The van der Waals surface area contributed by atoms with E-state index in [9.17, 15) is 10.1 Å². The number of nitro groups is 1. The number of benzene rings is 1. The second kappa shape index (κ2) is 6.37. The van der Waals surface area contributed by atoms with E-state index < -0.39 is 0 Å². The van der Waals surface area contributed by atoms with Crippen LogP contribution in [0.3, 0.4) is 0 Å². The summed E-state index contributed by atoms with van der Waals surface area (Å²) < 4.78 is 0.732. The molecule has 0 bridgehead atoms. The van der Waals surface area contributed by atoms with E-state index in [0.29, 0.717) is 11.6 Å². The molecule has 0 heterocycles. The number of hydrogen-bond acceptors (Lipinski definition) is 3. The molecule has 1 aliphatic rings. The zero-order valence-corrected chi connectivity index (χ0v) is 12.6. The predicted molar refractivity (Wildman–Crippen MR) is 80.4 cm³/mol. The van der Waals surface area contributed by atoms with Crippen molar-refractivity contribution >= 4 is 27.3 Å². The van der Waals surface area contributed by atoms with Gasteiger partial charge in [-0.2, -0.15) is 0 Å². The largest absolute Gasteiger partial charge is 0.379 e. The van der Waals surface area contributed by atoms with Gasteiger partial charge in [0.1, 0.15) is 5.69 Å². The first-order chi connectivity index (χ1) is 9.06. The van der Waals surface area contributed by atoms with E-state index in [4.69, 9.17) is 0 Å². The highest BCUT2D eigenvalue weighted by Gasteiger charge is 2.20. The molecule has 2 unspecified atom stereocenters. The molecule has 0 amide bonds. The highest BCUT2D eigenvalue weighted by atomic mass is 79.9. The second-order valence-corrected chi connectivity index (χ2v) is 6.35.